The number of benzene rings is 3. The van der Waals surface area contributed by atoms with Gasteiger partial charge in [-0.15, -0.1) is 0 Å². The van der Waals surface area contributed by atoms with Gasteiger partial charge in [0.25, 0.3) is 0 Å². The molecule has 0 radical (unpaired) electrons. The molecule has 7 rings (SSSR count). The van der Waals surface area contributed by atoms with Gasteiger partial charge in [-0.3, -0.25) is 24.4 Å². The maximum atomic E-state index is 13.3. The normalized spacial score (nSPS) is 15.0. The first-order valence-electron chi connectivity index (χ1n) is 14.0. The lowest BCUT2D eigenvalue weighted by atomic mass is 10.1. The molecule has 0 N–H and O–H groups in total. The third-order valence-corrected chi connectivity index (χ3v) is 8.80. The van der Waals surface area contributed by atoms with Gasteiger partial charge in [-0.2, -0.15) is 0 Å². The van der Waals surface area contributed by atoms with Gasteiger partial charge in [0.15, 0.2) is 23.2 Å². The second kappa shape index (κ2) is 10.4. The van der Waals surface area contributed by atoms with Crippen LogP contribution in [0.1, 0.15) is 43.0 Å². The van der Waals surface area contributed by atoms with Gasteiger partial charge in [-0.25, -0.2) is 9.97 Å². The number of nitrogens with zero attached hydrogens (tertiary/aromatic N) is 5. The van der Waals surface area contributed by atoms with Crippen LogP contribution in [0.5, 0.6) is 0 Å². The van der Waals surface area contributed by atoms with Crippen molar-refractivity contribution in [2.75, 3.05) is 9.80 Å². The highest BCUT2D eigenvalue weighted by atomic mass is 35.5. The number of Topliss-reactive ketones (excluding diaryl/α,β-unsaturated/α-hetero) is 2. The third-order valence-electron chi connectivity index (χ3n) is 8.08. The zero-order chi connectivity index (χ0) is 30.9. The molecule has 1 aliphatic carbocycles. The highest BCUT2D eigenvalue weighted by Gasteiger charge is 2.40. The number of hydrogen-bond acceptors (Lipinski definition) is 7. The van der Waals surface area contributed by atoms with Crippen LogP contribution < -0.4 is 9.80 Å². The lowest BCUT2D eigenvalue weighted by Gasteiger charge is -2.28. The summed E-state index contributed by atoms with van der Waals surface area (Å²) >= 11 is 12.8. The molecule has 9 heteroatoms. The van der Waals surface area contributed by atoms with Crippen molar-refractivity contribution in [2.24, 2.45) is 0 Å². The summed E-state index contributed by atoms with van der Waals surface area (Å²) in [6, 6.07) is 17.2. The van der Waals surface area contributed by atoms with Gasteiger partial charge >= 0.3 is 0 Å². The Balaban J connectivity index is 1.56. The minimum absolute atomic E-state index is 0.0732. The van der Waals surface area contributed by atoms with Crippen molar-refractivity contribution in [3.8, 4) is 0 Å². The Kier molecular flexibility index (Phi) is 6.61. The molecule has 2 aromatic heterocycles. The zero-order valence-electron chi connectivity index (χ0n) is 24.3. The molecule has 0 saturated carbocycles. The standard InChI is InChI=1S/C35H25Cl2N5O2/c1-18-7-5-8-19(2)30(18)41-29(12-11-23-32(43)22-13-14-38-17-24(22)33(23)44)42(31-20(3)9-6-10-21(31)4)35-34(41)39-27-15-25(36)26(37)16-28(27)40-35/h5-17H,1-4H3/b23-11-. The average molecular weight is 619 g/mol. The summed E-state index contributed by atoms with van der Waals surface area (Å²) in [6.45, 7) is 8.16. The quantitative estimate of drug-likeness (QED) is 0.148. The predicted molar refractivity (Wildman–Crippen MR) is 175 cm³/mol. The Morgan fingerprint density at radius 3 is 1.61 bits per heavy atom. The van der Waals surface area contributed by atoms with E-state index in [0.717, 1.165) is 33.6 Å². The van der Waals surface area contributed by atoms with Gasteiger partial charge in [-0.1, -0.05) is 59.6 Å². The highest BCUT2D eigenvalue weighted by Crippen LogP contribution is 2.51. The number of anilines is 4. The first-order chi connectivity index (χ1) is 21.2. The van der Waals surface area contributed by atoms with E-state index in [0.29, 0.717) is 49.7 Å². The van der Waals surface area contributed by atoms with Crippen molar-refractivity contribution in [3.05, 3.63) is 134 Å². The number of para-hydroxylation sites is 2. The second-order valence-electron chi connectivity index (χ2n) is 11.0. The number of carbonyl (C=O) groups excluding carboxylic acids is 2. The smallest absolute Gasteiger partial charge is 0.199 e. The fourth-order valence-corrected chi connectivity index (χ4v) is 6.35. The average Bonchev–Trinajstić information content (AvgIpc) is 3.41. The number of ketones is 2. The number of aromatic nitrogens is 3. The van der Waals surface area contributed by atoms with Gasteiger partial charge in [0.05, 0.1) is 43.6 Å². The molecular weight excluding hydrogens is 593 g/mol. The summed E-state index contributed by atoms with van der Waals surface area (Å²) in [5, 5.41) is 0.758. The van der Waals surface area contributed by atoms with Crippen LogP contribution in [-0.4, -0.2) is 26.5 Å². The van der Waals surface area contributed by atoms with Gasteiger partial charge in [0, 0.05) is 18.0 Å². The number of fused-ring (bicyclic) bond motifs is 3. The molecule has 2 aliphatic rings. The van der Waals surface area contributed by atoms with Crippen LogP contribution >= 0.6 is 23.2 Å². The van der Waals surface area contributed by atoms with Gasteiger partial charge < -0.3 is 0 Å². The molecule has 0 fully saturated rings. The zero-order valence-corrected chi connectivity index (χ0v) is 25.8. The molecule has 44 heavy (non-hydrogen) atoms. The molecule has 0 atom stereocenters. The summed E-state index contributed by atoms with van der Waals surface area (Å²) in [7, 11) is 0. The second-order valence-corrected chi connectivity index (χ2v) is 11.8. The molecule has 0 bridgehead atoms. The van der Waals surface area contributed by atoms with E-state index < -0.39 is 0 Å². The monoisotopic (exact) mass is 617 g/mol. The van der Waals surface area contributed by atoms with E-state index in [2.05, 4.69) is 4.98 Å². The molecule has 3 aromatic carbocycles. The van der Waals surface area contributed by atoms with Crippen molar-refractivity contribution in [1.82, 2.24) is 15.0 Å². The van der Waals surface area contributed by atoms with Crippen LogP contribution in [0.15, 0.2) is 90.5 Å². The van der Waals surface area contributed by atoms with Crippen LogP contribution in [-0.2, 0) is 0 Å². The molecule has 1 aliphatic heterocycles. The van der Waals surface area contributed by atoms with E-state index in [4.69, 9.17) is 33.2 Å². The fourth-order valence-electron chi connectivity index (χ4n) is 6.03. The summed E-state index contributed by atoms with van der Waals surface area (Å²) in [6.07, 6.45) is 6.36. The number of allylic oxidation sites excluding steroid dienone is 3. The molecule has 0 amide bonds. The van der Waals surface area contributed by atoms with E-state index in [1.807, 2.05) is 73.9 Å². The van der Waals surface area contributed by atoms with Gasteiger partial charge in [0.2, 0.25) is 0 Å². The summed E-state index contributed by atoms with van der Waals surface area (Å²) in [5.74, 6) is 1.14. The number of rotatable bonds is 3. The minimum atomic E-state index is -0.353. The molecule has 0 spiro atoms. The van der Waals surface area contributed by atoms with Gasteiger partial charge in [-0.05, 0) is 80.3 Å². The number of pyridine rings is 1. The summed E-state index contributed by atoms with van der Waals surface area (Å²) in [4.78, 5) is 45.0. The molecule has 216 valence electrons. The Hall–Kier alpha value is -4.85. The summed E-state index contributed by atoms with van der Waals surface area (Å²) in [5.41, 5.74) is 7.78. The van der Waals surface area contributed by atoms with Crippen LogP contribution in [0, 0.1) is 27.7 Å². The van der Waals surface area contributed by atoms with Crippen LogP contribution in [0.25, 0.3) is 11.0 Å². The first kappa shape index (κ1) is 28.0. The molecule has 0 saturated heterocycles. The van der Waals surface area contributed by atoms with Crippen molar-refractivity contribution < 1.29 is 9.59 Å². The van der Waals surface area contributed by atoms with Crippen molar-refractivity contribution in [1.29, 1.82) is 0 Å². The number of carbonyl (C=O) groups is 2. The third kappa shape index (κ3) is 4.23. The Bertz CT molecular complexity index is 1970. The predicted octanol–water partition coefficient (Wildman–Crippen LogP) is 8.70. The Labute approximate surface area is 264 Å². The lowest BCUT2D eigenvalue weighted by Crippen LogP contribution is -2.24. The topological polar surface area (TPSA) is 79.3 Å². The van der Waals surface area contributed by atoms with Crippen LogP contribution in [0.3, 0.4) is 0 Å². The molecule has 5 aromatic rings. The van der Waals surface area contributed by atoms with Crippen molar-refractivity contribution in [2.45, 2.75) is 27.7 Å². The Morgan fingerprint density at radius 1 is 0.659 bits per heavy atom. The SMILES string of the molecule is Cc1cccc(C)c1N1C(=C/C=C2/C(=O)c3ccncc3C2=O)N(c2c(C)cccc2C)c2nc3cc(Cl)c(Cl)cc3nc21. The maximum absolute atomic E-state index is 13.3. The molecular formula is C35H25Cl2N5O2. The largest absolute Gasteiger partial charge is 0.288 e. The van der Waals surface area contributed by atoms with E-state index >= 15 is 0 Å². The minimum Gasteiger partial charge on any atom is -0.288 e. The first-order valence-corrected chi connectivity index (χ1v) is 14.8. The number of aryl methyl sites for hydroxylation is 4. The van der Waals surface area contributed by atoms with E-state index in [1.54, 1.807) is 30.4 Å². The van der Waals surface area contributed by atoms with Crippen LogP contribution in [0.4, 0.5) is 23.0 Å². The summed E-state index contributed by atoms with van der Waals surface area (Å²) < 4.78 is 0. The lowest BCUT2D eigenvalue weighted by molar-refractivity contribution is 0.0988. The molecule has 3 heterocycles. The molecule has 7 nitrogen and oxygen atoms in total. The molecule has 0 unspecified atom stereocenters. The van der Waals surface area contributed by atoms with Gasteiger partial charge in [0.1, 0.15) is 5.82 Å². The van der Waals surface area contributed by atoms with Crippen molar-refractivity contribution in [3.63, 3.8) is 0 Å². The number of hydrogen-bond donors (Lipinski definition) is 0. The van der Waals surface area contributed by atoms with E-state index in [-0.39, 0.29) is 17.1 Å². The van der Waals surface area contributed by atoms with Crippen LogP contribution in [0.2, 0.25) is 10.0 Å². The number of halogens is 2. The van der Waals surface area contributed by atoms with E-state index in [1.165, 1.54) is 12.4 Å². The Morgan fingerprint density at radius 2 is 1.14 bits per heavy atom. The fraction of sp³-hybridized carbons (Fsp3) is 0.114. The van der Waals surface area contributed by atoms with Crippen molar-refractivity contribution >= 4 is 68.8 Å². The van der Waals surface area contributed by atoms with E-state index in [9.17, 15) is 9.59 Å². The highest BCUT2D eigenvalue weighted by molar-refractivity contribution is 6.42. The maximum Gasteiger partial charge on any atom is 0.199 e.